The molecule has 0 fully saturated rings. The number of hydrogen-bond donors (Lipinski definition) is 3. The normalized spacial score (nSPS) is 11.2. The minimum absolute atomic E-state index is 0.413. The van der Waals surface area contributed by atoms with Gasteiger partial charge in [0.2, 0.25) is 0 Å². The first-order chi connectivity index (χ1) is 5.77. The molecule has 0 aliphatic rings. The zero-order valence-corrected chi connectivity index (χ0v) is 6.10. The Morgan fingerprint density at radius 3 is 2.67 bits per heavy atom. The molecule has 5 nitrogen and oxygen atoms in total. The summed E-state index contributed by atoms with van der Waals surface area (Å²) in [6.45, 7) is 0. The van der Waals surface area contributed by atoms with Gasteiger partial charge in [0.25, 0.3) is 0 Å². The Bertz CT molecular complexity index is 396. The van der Waals surface area contributed by atoms with Crippen LogP contribution in [0.1, 0.15) is 11.9 Å². The van der Waals surface area contributed by atoms with E-state index in [2.05, 4.69) is 15.4 Å². The van der Waals surface area contributed by atoms with Gasteiger partial charge in [-0.25, -0.2) is 0 Å². The Balaban J connectivity index is 2.60. The second kappa shape index (κ2) is 2.54. The van der Waals surface area contributed by atoms with Gasteiger partial charge in [0.1, 0.15) is 11.0 Å². The highest BCUT2D eigenvalue weighted by molar-refractivity contribution is 5.74. The fraction of sp³-hybridized carbons (Fsp3) is 0.143. The second-order valence-corrected chi connectivity index (χ2v) is 2.45. The monoisotopic (exact) mass is 165 g/mol. The molecular weight excluding hydrogens is 158 g/mol. The van der Waals surface area contributed by atoms with Gasteiger partial charge in [-0.2, -0.15) is 15.4 Å². The van der Waals surface area contributed by atoms with Crippen LogP contribution in [0.2, 0.25) is 0 Å². The van der Waals surface area contributed by atoms with Gasteiger partial charge in [0.05, 0.1) is 0 Å². The number of benzene rings is 1. The van der Waals surface area contributed by atoms with E-state index in [-0.39, 0.29) is 0 Å². The first kappa shape index (κ1) is 7.20. The van der Waals surface area contributed by atoms with Crippen LogP contribution >= 0.6 is 0 Å². The molecule has 1 aromatic heterocycles. The maximum absolute atomic E-state index is 8.82. The Labute approximate surface area is 67.7 Å². The highest BCUT2D eigenvalue weighted by Gasteiger charge is 2.04. The van der Waals surface area contributed by atoms with Crippen LogP contribution in [0.25, 0.3) is 11.0 Å². The van der Waals surface area contributed by atoms with Gasteiger partial charge in [-0.1, -0.05) is 6.07 Å². The summed E-state index contributed by atoms with van der Waals surface area (Å²) in [5.41, 5.74) is 1.75. The summed E-state index contributed by atoms with van der Waals surface area (Å²) in [7, 11) is 0. The quantitative estimate of drug-likeness (QED) is 0.517. The van der Waals surface area contributed by atoms with Crippen LogP contribution in [-0.2, 0) is 0 Å². The van der Waals surface area contributed by atoms with Crippen LogP contribution in [0.5, 0.6) is 0 Å². The van der Waals surface area contributed by atoms with Crippen LogP contribution in [0.4, 0.5) is 0 Å². The molecule has 0 unspecified atom stereocenters. The fourth-order valence-electron chi connectivity index (χ4n) is 1.02. The second-order valence-electron chi connectivity index (χ2n) is 2.45. The van der Waals surface area contributed by atoms with Crippen molar-refractivity contribution in [2.75, 3.05) is 0 Å². The first-order valence-corrected chi connectivity index (χ1v) is 3.44. The third-order valence-corrected chi connectivity index (χ3v) is 1.64. The number of aromatic amines is 1. The van der Waals surface area contributed by atoms with Crippen LogP contribution in [0.3, 0.4) is 0 Å². The number of nitrogens with one attached hydrogen (secondary N) is 1. The standard InChI is InChI=1S/C7H7N3O2/c11-7(12)4-1-2-5-6(3-4)9-10-8-5/h1-3,7,11-12H,(H,8,9,10). The maximum Gasteiger partial charge on any atom is 0.178 e. The molecule has 0 bridgehead atoms. The maximum atomic E-state index is 8.82. The van der Waals surface area contributed by atoms with Crippen molar-refractivity contribution in [3.8, 4) is 0 Å². The number of rotatable bonds is 1. The van der Waals surface area contributed by atoms with Crippen molar-refractivity contribution < 1.29 is 10.2 Å². The van der Waals surface area contributed by atoms with Crippen molar-refractivity contribution >= 4 is 11.0 Å². The third kappa shape index (κ3) is 1.05. The van der Waals surface area contributed by atoms with E-state index in [9.17, 15) is 0 Å². The van der Waals surface area contributed by atoms with Gasteiger partial charge in [0.15, 0.2) is 6.29 Å². The van der Waals surface area contributed by atoms with E-state index in [1.165, 1.54) is 0 Å². The van der Waals surface area contributed by atoms with E-state index >= 15 is 0 Å². The first-order valence-electron chi connectivity index (χ1n) is 3.44. The Hall–Kier alpha value is -1.46. The van der Waals surface area contributed by atoms with E-state index in [1.807, 2.05) is 0 Å². The zero-order valence-electron chi connectivity index (χ0n) is 6.10. The topological polar surface area (TPSA) is 82.0 Å². The third-order valence-electron chi connectivity index (χ3n) is 1.64. The van der Waals surface area contributed by atoms with Crippen molar-refractivity contribution in [3.63, 3.8) is 0 Å². The molecule has 0 saturated heterocycles. The van der Waals surface area contributed by atoms with Crippen molar-refractivity contribution in [2.45, 2.75) is 6.29 Å². The summed E-state index contributed by atoms with van der Waals surface area (Å²) in [4.78, 5) is 0. The van der Waals surface area contributed by atoms with Crippen LogP contribution in [0.15, 0.2) is 18.2 Å². The molecule has 0 aliphatic carbocycles. The van der Waals surface area contributed by atoms with Crippen LogP contribution in [-0.4, -0.2) is 25.6 Å². The van der Waals surface area contributed by atoms with Crippen molar-refractivity contribution in [1.29, 1.82) is 0 Å². The molecule has 0 aliphatic heterocycles. The van der Waals surface area contributed by atoms with Gasteiger partial charge in [-0.05, 0) is 12.1 Å². The molecule has 3 N–H and O–H groups in total. The number of aromatic nitrogens is 3. The average molecular weight is 165 g/mol. The fourth-order valence-corrected chi connectivity index (χ4v) is 1.02. The molecule has 12 heavy (non-hydrogen) atoms. The summed E-state index contributed by atoms with van der Waals surface area (Å²) >= 11 is 0. The number of nitrogens with zero attached hydrogens (tertiary/aromatic N) is 2. The van der Waals surface area contributed by atoms with Gasteiger partial charge >= 0.3 is 0 Å². The molecule has 5 heteroatoms. The number of aliphatic hydroxyl groups is 2. The predicted molar refractivity (Wildman–Crippen MR) is 41.1 cm³/mol. The number of hydrogen-bond acceptors (Lipinski definition) is 4. The Morgan fingerprint density at radius 1 is 1.17 bits per heavy atom. The lowest BCUT2D eigenvalue weighted by Gasteiger charge is -2.00. The smallest absolute Gasteiger partial charge is 0.178 e. The molecule has 0 spiro atoms. The van der Waals surface area contributed by atoms with Gasteiger partial charge in [0, 0.05) is 5.56 Å². The molecule has 1 aromatic carbocycles. The lowest BCUT2D eigenvalue weighted by molar-refractivity contribution is -0.0423. The zero-order chi connectivity index (χ0) is 8.55. The highest BCUT2D eigenvalue weighted by Crippen LogP contribution is 2.14. The largest absolute Gasteiger partial charge is 0.364 e. The van der Waals surface area contributed by atoms with Crippen molar-refractivity contribution in [2.24, 2.45) is 0 Å². The van der Waals surface area contributed by atoms with Crippen LogP contribution in [0, 0.1) is 0 Å². The molecule has 0 saturated carbocycles. The lowest BCUT2D eigenvalue weighted by atomic mass is 10.2. The van der Waals surface area contributed by atoms with Gasteiger partial charge < -0.3 is 10.2 Å². The molecule has 0 amide bonds. The summed E-state index contributed by atoms with van der Waals surface area (Å²) in [5, 5.41) is 27.7. The van der Waals surface area contributed by atoms with Crippen molar-refractivity contribution in [3.05, 3.63) is 23.8 Å². The molecule has 1 heterocycles. The minimum atomic E-state index is -1.45. The van der Waals surface area contributed by atoms with E-state index in [0.29, 0.717) is 16.6 Å². The summed E-state index contributed by atoms with van der Waals surface area (Å²) in [6.07, 6.45) is -1.45. The number of H-pyrrole nitrogens is 1. The molecular formula is C7H7N3O2. The summed E-state index contributed by atoms with van der Waals surface area (Å²) in [5.74, 6) is 0. The van der Waals surface area contributed by atoms with E-state index < -0.39 is 6.29 Å². The number of aliphatic hydroxyl groups excluding tert-OH is 1. The minimum Gasteiger partial charge on any atom is -0.364 e. The molecule has 0 atom stereocenters. The number of fused-ring (bicyclic) bond motifs is 1. The van der Waals surface area contributed by atoms with E-state index in [4.69, 9.17) is 10.2 Å². The van der Waals surface area contributed by atoms with E-state index in [0.717, 1.165) is 0 Å². The SMILES string of the molecule is OC(O)c1ccc2n[nH]nc2c1. The lowest BCUT2D eigenvalue weighted by Crippen LogP contribution is -1.93. The molecule has 0 radical (unpaired) electrons. The molecule has 2 rings (SSSR count). The Morgan fingerprint density at radius 2 is 1.92 bits per heavy atom. The molecule has 2 aromatic rings. The van der Waals surface area contributed by atoms with Crippen molar-refractivity contribution in [1.82, 2.24) is 15.4 Å². The summed E-state index contributed by atoms with van der Waals surface area (Å²) in [6, 6.07) is 4.84. The van der Waals surface area contributed by atoms with E-state index in [1.54, 1.807) is 18.2 Å². The highest BCUT2D eigenvalue weighted by atomic mass is 16.5. The van der Waals surface area contributed by atoms with Gasteiger partial charge in [-0.3, -0.25) is 0 Å². The van der Waals surface area contributed by atoms with Gasteiger partial charge in [-0.15, -0.1) is 0 Å². The summed E-state index contributed by atoms with van der Waals surface area (Å²) < 4.78 is 0. The average Bonchev–Trinajstić information content (AvgIpc) is 2.49. The Kier molecular flexibility index (Phi) is 1.53. The van der Waals surface area contributed by atoms with Crippen LogP contribution < -0.4 is 0 Å². The predicted octanol–water partition coefficient (Wildman–Crippen LogP) is -0.0589. The molecule has 62 valence electrons.